The second-order valence-electron chi connectivity index (χ2n) is 5.46. The Morgan fingerprint density at radius 2 is 1.84 bits per heavy atom. The lowest BCUT2D eigenvalue weighted by molar-refractivity contribution is -0.127. The van der Waals surface area contributed by atoms with E-state index < -0.39 is 9.84 Å². The van der Waals surface area contributed by atoms with E-state index in [0.29, 0.717) is 12.8 Å². The normalized spacial score (nSPS) is 17.7. The van der Waals surface area contributed by atoms with Crippen LogP contribution >= 0.6 is 0 Å². The molecule has 1 aliphatic carbocycles. The van der Waals surface area contributed by atoms with Gasteiger partial charge in [0.2, 0.25) is 0 Å². The van der Waals surface area contributed by atoms with Crippen molar-refractivity contribution in [3.63, 3.8) is 0 Å². The lowest BCUT2D eigenvalue weighted by atomic mass is 9.61. The fraction of sp³-hybridized carbons (Fsp3) is 0.533. The number of rotatable bonds is 6. The number of carbonyl (C=O) groups excluding carboxylic acids is 1. The Morgan fingerprint density at radius 1 is 1.21 bits per heavy atom. The van der Waals surface area contributed by atoms with E-state index in [2.05, 4.69) is 0 Å². The number of hydrogen-bond acceptors (Lipinski definition) is 3. The van der Waals surface area contributed by atoms with Crippen molar-refractivity contribution in [2.75, 3.05) is 12.0 Å². The molecule has 19 heavy (non-hydrogen) atoms. The zero-order valence-corrected chi connectivity index (χ0v) is 12.1. The maximum absolute atomic E-state index is 12.4. The third-order valence-electron chi connectivity index (χ3n) is 3.99. The maximum atomic E-state index is 12.4. The molecule has 0 bridgehead atoms. The molecule has 1 fully saturated rings. The van der Waals surface area contributed by atoms with Gasteiger partial charge in [-0.15, -0.1) is 0 Å². The molecule has 0 saturated heterocycles. The highest BCUT2D eigenvalue weighted by Crippen LogP contribution is 2.45. The summed E-state index contributed by atoms with van der Waals surface area (Å²) in [6.07, 6.45) is 4.89. The standard InChI is InChI=1S/C15H20O3S/c1-19(17,18)12-5-9-14(16)15(10-6-11-15)13-7-3-2-4-8-13/h2-4,7-8H,5-6,9-12H2,1H3. The Bertz CT molecular complexity index is 542. The maximum Gasteiger partial charge on any atom is 0.147 e. The lowest BCUT2D eigenvalue weighted by Crippen LogP contribution is -2.42. The third-order valence-corrected chi connectivity index (χ3v) is 5.02. The second-order valence-corrected chi connectivity index (χ2v) is 7.72. The Morgan fingerprint density at radius 3 is 2.32 bits per heavy atom. The molecule has 0 unspecified atom stereocenters. The van der Waals surface area contributed by atoms with Crippen LogP contribution in [-0.2, 0) is 20.0 Å². The van der Waals surface area contributed by atoms with Crippen molar-refractivity contribution >= 4 is 15.6 Å². The predicted molar refractivity (Wildman–Crippen MR) is 75.9 cm³/mol. The minimum atomic E-state index is -2.97. The van der Waals surface area contributed by atoms with Crippen LogP contribution in [0.3, 0.4) is 0 Å². The number of hydrogen-bond donors (Lipinski definition) is 0. The summed E-state index contributed by atoms with van der Waals surface area (Å²) in [5, 5.41) is 0. The molecule has 3 nitrogen and oxygen atoms in total. The molecular formula is C15H20O3S. The number of benzene rings is 1. The SMILES string of the molecule is CS(=O)(=O)CCCC(=O)C1(c2ccccc2)CCC1. The predicted octanol–water partition coefficient (Wildman–Crippen LogP) is 2.50. The van der Waals surface area contributed by atoms with Gasteiger partial charge in [-0.1, -0.05) is 36.8 Å². The summed E-state index contributed by atoms with van der Waals surface area (Å²) in [5.74, 6) is 0.303. The smallest absolute Gasteiger partial charge is 0.147 e. The second kappa shape index (κ2) is 5.45. The topological polar surface area (TPSA) is 51.2 Å². The lowest BCUT2D eigenvalue weighted by Gasteiger charge is -2.41. The van der Waals surface area contributed by atoms with Gasteiger partial charge in [0.05, 0.1) is 11.2 Å². The van der Waals surface area contributed by atoms with Gasteiger partial charge in [-0.05, 0) is 24.8 Å². The van der Waals surface area contributed by atoms with Crippen LogP contribution < -0.4 is 0 Å². The molecule has 0 N–H and O–H groups in total. The minimum Gasteiger partial charge on any atom is -0.299 e. The van der Waals surface area contributed by atoms with Crippen molar-refractivity contribution in [3.8, 4) is 0 Å². The van der Waals surface area contributed by atoms with Crippen LogP contribution in [0.15, 0.2) is 30.3 Å². The molecule has 0 spiro atoms. The molecule has 1 aromatic carbocycles. The molecule has 0 heterocycles. The summed E-state index contributed by atoms with van der Waals surface area (Å²) in [7, 11) is -2.97. The zero-order chi connectivity index (χ0) is 13.9. The van der Waals surface area contributed by atoms with E-state index in [0.717, 1.165) is 24.8 Å². The molecule has 4 heteroatoms. The first-order chi connectivity index (χ1) is 8.94. The first-order valence-corrected chi connectivity index (χ1v) is 8.77. The highest BCUT2D eigenvalue weighted by molar-refractivity contribution is 7.90. The van der Waals surface area contributed by atoms with Crippen LogP contribution in [0.4, 0.5) is 0 Å². The van der Waals surface area contributed by atoms with Gasteiger partial charge in [-0.25, -0.2) is 8.42 Å². The summed E-state index contributed by atoms with van der Waals surface area (Å²) in [5.41, 5.74) is 0.754. The molecule has 1 saturated carbocycles. The van der Waals surface area contributed by atoms with Crippen LogP contribution in [0.1, 0.15) is 37.7 Å². The number of sulfone groups is 1. The molecule has 0 radical (unpaired) electrons. The average Bonchev–Trinajstić information content (AvgIpc) is 2.27. The van der Waals surface area contributed by atoms with E-state index in [-0.39, 0.29) is 17.0 Å². The van der Waals surface area contributed by atoms with Crippen molar-refractivity contribution in [3.05, 3.63) is 35.9 Å². The Balaban J connectivity index is 2.04. The van der Waals surface area contributed by atoms with Gasteiger partial charge in [0.25, 0.3) is 0 Å². The van der Waals surface area contributed by atoms with Gasteiger partial charge in [-0.2, -0.15) is 0 Å². The first-order valence-electron chi connectivity index (χ1n) is 6.71. The van der Waals surface area contributed by atoms with Gasteiger partial charge in [0.1, 0.15) is 15.6 Å². The Kier molecular flexibility index (Phi) is 4.09. The van der Waals surface area contributed by atoms with Crippen LogP contribution in [0.25, 0.3) is 0 Å². The van der Waals surface area contributed by atoms with Crippen LogP contribution in [0.5, 0.6) is 0 Å². The summed E-state index contributed by atoms with van der Waals surface area (Å²) in [6.45, 7) is 0. The third kappa shape index (κ3) is 3.24. The van der Waals surface area contributed by atoms with E-state index >= 15 is 0 Å². The molecule has 0 atom stereocenters. The highest BCUT2D eigenvalue weighted by atomic mass is 32.2. The van der Waals surface area contributed by atoms with Crippen LogP contribution in [0, 0.1) is 0 Å². The molecule has 0 amide bonds. The number of carbonyl (C=O) groups is 1. The average molecular weight is 280 g/mol. The molecule has 2 rings (SSSR count). The largest absolute Gasteiger partial charge is 0.299 e. The van der Waals surface area contributed by atoms with Crippen LogP contribution in [-0.4, -0.2) is 26.2 Å². The first kappa shape index (κ1) is 14.3. The molecule has 1 aliphatic rings. The van der Waals surface area contributed by atoms with Gasteiger partial charge >= 0.3 is 0 Å². The highest BCUT2D eigenvalue weighted by Gasteiger charge is 2.44. The van der Waals surface area contributed by atoms with Crippen LogP contribution in [0.2, 0.25) is 0 Å². The molecule has 0 aromatic heterocycles. The fourth-order valence-corrected chi connectivity index (χ4v) is 3.42. The summed E-state index contributed by atoms with van der Waals surface area (Å²) < 4.78 is 22.2. The quantitative estimate of drug-likeness (QED) is 0.804. The zero-order valence-electron chi connectivity index (χ0n) is 11.3. The van der Waals surface area contributed by atoms with Gasteiger partial charge in [-0.3, -0.25) is 4.79 Å². The minimum absolute atomic E-state index is 0.101. The monoisotopic (exact) mass is 280 g/mol. The van der Waals surface area contributed by atoms with E-state index in [1.807, 2.05) is 30.3 Å². The van der Waals surface area contributed by atoms with Crippen molar-refractivity contribution in [1.82, 2.24) is 0 Å². The van der Waals surface area contributed by atoms with Crippen molar-refractivity contribution < 1.29 is 13.2 Å². The van der Waals surface area contributed by atoms with Gasteiger partial charge < -0.3 is 0 Å². The Hall–Kier alpha value is -1.16. The van der Waals surface area contributed by atoms with E-state index in [4.69, 9.17) is 0 Å². The van der Waals surface area contributed by atoms with E-state index in [9.17, 15) is 13.2 Å². The molecular weight excluding hydrogens is 260 g/mol. The van der Waals surface area contributed by atoms with Crippen molar-refractivity contribution in [2.45, 2.75) is 37.5 Å². The van der Waals surface area contributed by atoms with E-state index in [1.54, 1.807) is 0 Å². The van der Waals surface area contributed by atoms with Gasteiger partial charge in [0, 0.05) is 12.7 Å². The van der Waals surface area contributed by atoms with Crippen molar-refractivity contribution in [2.24, 2.45) is 0 Å². The molecule has 1 aromatic rings. The summed E-state index contributed by atoms with van der Waals surface area (Å²) in [4.78, 5) is 12.4. The fourth-order valence-electron chi connectivity index (χ4n) is 2.75. The van der Waals surface area contributed by atoms with E-state index in [1.165, 1.54) is 6.26 Å². The number of ketones is 1. The Labute approximate surface area is 114 Å². The molecule has 0 aliphatic heterocycles. The number of Topliss-reactive ketones (excluding diaryl/α,β-unsaturated/α-hetero) is 1. The van der Waals surface area contributed by atoms with Gasteiger partial charge in [0.15, 0.2) is 0 Å². The molecule has 104 valence electrons. The van der Waals surface area contributed by atoms with Crippen molar-refractivity contribution in [1.29, 1.82) is 0 Å². The summed E-state index contributed by atoms with van der Waals surface area (Å²) in [6, 6.07) is 9.88. The summed E-state index contributed by atoms with van der Waals surface area (Å²) >= 11 is 0.